The fraction of sp³-hybridized carbons (Fsp3) is 0.618. The number of likely N-dealkylation sites (tertiary alicyclic amines) is 1. The molecular weight excluding hydrogens is 556 g/mol. The summed E-state index contributed by atoms with van der Waals surface area (Å²) in [7, 11) is 0. The number of ether oxygens (including phenoxy) is 2. The van der Waals surface area contributed by atoms with Crippen LogP contribution in [-0.2, 0) is 11.3 Å². The normalized spacial score (nSPS) is 18.4. The number of carbonyl (C=O) groups excluding carboxylic acids is 2. The number of benzene rings is 1. The van der Waals surface area contributed by atoms with Crippen LogP contribution < -0.4 is 15.4 Å². The molecule has 10 nitrogen and oxygen atoms in total. The molecule has 2 heterocycles. The summed E-state index contributed by atoms with van der Waals surface area (Å²) in [4.78, 5) is 36.6. The minimum absolute atomic E-state index is 0.0339. The van der Waals surface area contributed by atoms with Crippen molar-refractivity contribution in [1.82, 2.24) is 20.2 Å². The van der Waals surface area contributed by atoms with E-state index in [4.69, 9.17) is 9.47 Å². The van der Waals surface area contributed by atoms with Gasteiger partial charge in [0, 0.05) is 26.2 Å². The average molecular weight is 603 g/mol. The van der Waals surface area contributed by atoms with Gasteiger partial charge in [-0.15, -0.1) is 0 Å². The van der Waals surface area contributed by atoms with E-state index in [2.05, 4.69) is 20.6 Å². The van der Waals surface area contributed by atoms with Crippen LogP contribution >= 0.6 is 0 Å². The van der Waals surface area contributed by atoms with Gasteiger partial charge < -0.3 is 25.0 Å². The lowest BCUT2D eigenvalue weighted by Gasteiger charge is -2.33. The Labute approximate surface area is 260 Å². The number of anilines is 1. The van der Waals surface area contributed by atoms with E-state index < -0.39 is 5.60 Å². The Bertz CT molecular complexity index is 1330. The molecule has 2 saturated carbocycles. The molecule has 3 fully saturated rings. The Morgan fingerprint density at radius 1 is 1.02 bits per heavy atom. The molecule has 1 aliphatic heterocycles. The Morgan fingerprint density at radius 2 is 1.73 bits per heavy atom. The van der Waals surface area contributed by atoms with Crippen LogP contribution in [0.4, 0.5) is 10.6 Å². The maximum Gasteiger partial charge on any atom is 0.410 e. The first kappa shape index (κ1) is 31.6. The number of nitrogens with zero attached hydrogens (tertiary/aromatic N) is 4. The fourth-order valence-corrected chi connectivity index (χ4v) is 6.26. The molecule has 1 aromatic carbocycles. The van der Waals surface area contributed by atoms with E-state index >= 15 is 0 Å². The monoisotopic (exact) mass is 602 g/mol. The van der Waals surface area contributed by atoms with Gasteiger partial charge in [-0.3, -0.25) is 4.79 Å². The first-order valence-electron chi connectivity index (χ1n) is 16.1. The largest absolute Gasteiger partial charge is 0.477 e. The van der Waals surface area contributed by atoms with Crippen LogP contribution in [-0.4, -0.2) is 58.7 Å². The van der Waals surface area contributed by atoms with Crippen molar-refractivity contribution in [2.75, 3.05) is 31.6 Å². The highest BCUT2D eigenvalue weighted by atomic mass is 16.6. The van der Waals surface area contributed by atoms with Crippen molar-refractivity contribution in [3.63, 3.8) is 0 Å². The van der Waals surface area contributed by atoms with E-state index in [1.165, 1.54) is 25.7 Å². The molecule has 5 rings (SSSR count). The zero-order valence-electron chi connectivity index (χ0n) is 26.4. The first-order valence-corrected chi connectivity index (χ1v) is 16.1. The lowest BCUT2D eigenvalue weighted by atomic mass is 9.80. The van der Waals surface area contributed by atoms with Crippen molar-refractivity contribution in [1.29, 1.82) is 5.26 Å². The molecule has 1 aromatic heterocycles. The highest BCUT2D eigenvalue weighted by molar-refractivity contribution is 6.01. The molecule has 236 valence electrons. The number of nitrogens with one attached hydrogen (secondary N) is 2. The van der Waals surface area contributed by atoms with Gasteiger partial charge in [-0.25, -0.2) is 9.78 Å². The van der Waals surface area contributed by atoms with Crippen molar-refractivity contribution in [2.24, 2.45) is 17.3 Å². The number of nitriles is 1. The van der Waals surface area contributed by atoms with Crippen LogP contribution in [0.1, 0.15) is 100 Å². The summed E-state index contributed by atoms with van der Waals surface area (Å²) in [5, 5.41) is 16.1. The van der Waals surface area contributed by atoms with Crippen LogP contribution in [0.5, 0.6) is 5.88 Å². The zero-order chi connectivity index (χ0) is 31.2. The molecule has 0 atom stereocenters. The minimum Gasteiger partial charge on any atom is -0.477 e. The lowest BCUT2D eigenvalue weighted by molar-refractivity contribution is 0.0177. The second-order valence-corrected chi connectivity index (χ2v) is 13.7. The predicted molar refractivity (Wildman–Crippen MR) is 167 cm³/mol. The van der Waals surface area contributed by atoms with Crippen LogP contribution in [0.2, 0.25) is 0 Å². The fourth-order valence-electron chi connectivity index (χ4n) is 6.26. The summed E-state index contributed by atoms with van der Waals surface area (Å²) in [6.07, 6.45) is 9.73. The molecule has 44 heavy (non-hydrogen) atoms. The molecule has 10 heteroatoms. The topological polar surface area (TPSA) is 129 Å². The Hall–Kier alpha value is -3.87. The van der Waals surface area contributed by atoms with Gasteiger partial charge in [0.1, 0.15) is 23.1 Å². The maximum atomic E-state index is 13.6. The number of aromatic nitrogens is 2. The van der Waals surface area contributed by atoms with Crippen molar-refractivity contribution in [3.8, 4) is 11.9 Å². The number of hydrogen-bond donors (Lipinski definition) is 2. The number of piperidine rings is 1. The van der Waals surface area contributed by atoms with Crippen LogP contribution in [0.25, 0.3) is 0 Å². The van der Waals surface area contributed by atoms with Gasteiger partial charge in [0.15, 0.2) is 0 Å². The average Bonchev–Trinajstić information content (AvgIpc) is 3.78. The molecule has 1 saturated heterocycles. The number of rotatable bonds is 10. The second-order valence-electron chi connectivity index (χ2n) is 13.7. The van der Waals surface area contributed by atoms with Crippen LogP contribution in [0, 0.1) is 28.6 Å². The van der Waals surface area contributed by atoms with E-state index in [0.717, 1.165) is 37.7 Å². The van der Waals surface area contributed by atoms with E-state index in [1.807, 2.05) is 57.2 Å². The predicted octanol–water partition coefficient (Wildman–Crippen LogP) is 6.08. The van der Waals surface area contributed by atoms with E-state index in [1.54, 1.807) is 4.90 Å². The summed E-state index contributed by atoms with van der Waals surface area (Å²) in [6.45, 7) is 8.25. The van der Waals surface area contributed by atoms with Crippen molar-refractivity contribution in [2.45, 2.75) is 90.7 Å². The van der Waals surface area contributed by atoms with Gasteiger partial charge >= 0.3 is 6.09 Å². The molecule has 0 unspecified atom stereocenters. The van der Waals surface area contributed by atoms with Gasteiger partial charge in [-0.2, -0.15) is 10.2 Å². The first-order chi connectivity index (χ1) is 21.1. The van der Waals surface area contributed by atoms with Crippen molar-refractivity contribution >= 4 is 17.8 Å². The molecule has 2 N–H and O–H groups in total. The van der Waals surface area contributed by atoms with E-state index in [0.29, 0.717) is 55.9 Å². The Morgan fingerprint density at radius 3 is 2.36 bits per heavy atom. The quantitative estimate of drug-likeness (QED) is 0.335. The molecule has 2 amide bonds. The van der Waals surface area contributed by atoms with Gasteiger partial charge in [0.25, 0.3) is 5.91 Å². The third-order valence-electron chi connectivity index (χ3n) is 9.21. The summed E-state index contributed by atoms with van der Waals surface area (Å²) in [6, 6.07) is 11.7. The molecule has 1 spiro atoms. The van der Waals surface area contributed by atoms with Gasteiger partial charge in [0.05, 0.1) is 6.61 Å². The van der Waals surface area contributed by atoms with Gasteiger partial charge in [0.2, 0.25) is 11.7 Å². The lowest BCUT2D eigenvalue weighted by Crippen LogP contribution is -2.41. The molecule has 3 aliphatic rings. The van der Waals surface area contributed by atoms with Crippen molar-refractivity contribution in [3.05, 3.63) is 47.3 Å². The third kappa shape index (κ3) is 8.61. The summed E-state index contributed by atoms with van der Waals surface area (Å²) in [5.74, 6) is 0.944. The number of carbonyl (C=O) groups is 2. The molecule has 2 aromatic rings. The maximum absolute atomic E-state index is 13.6. The van der Waals surface area contributed by atoms with Gasteiger partial charge in [-0.05, 0) is 101 Å². The summed E-state index contributed by atoms with van der Waals surface area (Å²) < 4.78 is 11.7. The van der Waals surface area contributed by atoms with E-state index in [9.17, 15) is 14.9 Å². The number of amides is 2. The zero-order valence-corrected chi connectivity index (χ0v) is 26.4. The Kier molecular flexibility index (Phi) is 9.92. The molecular formula is C34H46N6O4. The SMILES string of the molecule is CC(C)(C)OC(=O)N1CCC(CCOc2nc(C#N)nc(NCC3CCC4(CC3)CC4)c2C(=O)NCc2ccccc2)CC1. The smallest absolute Gasteiger partial charge is 0.410 e. The summed E-state index contributed by atoms with van der Waals surface area (Å²) >= 11 is 0. The standard InChI is InChI=1S/C34H46N6O4/c1-33(2,3)44-32(42)40-18-11-24(12-19-40)13-20-43-31-28(30(41)37-23-25-7-5-4-6-8-25)29(38-27(21-35)39-31)36-22-26-9-14-34(15-10-26)16-17-34/h4-8,24,26H,9-20,22-23H2,1-3H3,(H,37,41)(H,36,38,39). The van der Waals surface area contributed by atoms with Crippen LogP contribution in [0.15, 0.2) is 30.3 Å². The highest BCUT2D eigenvalue weighted by Crippen LogP contribution is 2.57. The highest BCUT2D eigenvalue weighted by Gasteiger charge is 2.44. The Balaban J connectivity index is 1.24. The molecule has 0 radical (unpaired) electrons. The van der Waals surface area contributed by atoms with Crippen LogP contribution in [0.3, 0.4) is 0 Å². The number of hydrogen-bond acceptors (Lipinski definition) is 8. The minimum atomic E-state index is -0.518. The molecule has 2 aliphatic carbocycles. The van der Waals surface area contributed by atoms with Gasteiger partial charge in [-0.1, -0.05) is 30.3 Å². The molecule has 0 bridgehead atoms. The summed E-state index contributed by atoms with van der Waals surface area (Å²) in [5.41, 5.74) is 1.29. The van der Waals surface area contributed by atoms with E-state index in [-0.39, 0.29) is 29.3 Å². The third-order valence-corrected chi connectivity index (χ3v) is 9.21. The second kappa shape index (κ2) is 13.8. The van der Waals surface area contributed by atoms with Crippen molar-refractivity contribution < 1.29 is 19.1 Å².